The maximum absolute atomic E-state index is 11.8. The van der Waals surface area contributed by atoms with E-state index in [0.717, 1.165) is 22.9 Å². The first-order valence-electron chi connectivity index (χ1n) is 7.76. The van der Waals surface area contributed by atoms with E-state index in [4.69, 9.17) is 0 Å². The summed E-state index contributed by atoms with van der Waals surface area (Å²) in [6.45, 7) is 2.02. The van der Waals surface area contributed by atoms with Gasteiger partial charge in [0.15, 0.2) is 0 Å². The number of nitrogens with one attached hydrogen (secondary N) is 2. The fourth-order valence-electron chi connectivity index (χ4n) is 1.80. The first-order valence-corrected chi connectivity index (χ1v) is 9.37. The summed E-state index contributed by atoms with van der Waals surface area (Å²) < 4.78 is 0.975. The monoisotopic (exact) mass is 423 g/mol. The smallest absolute Gasteiger partial charge is 0.247 e. The molecule has 2 aromatic rings. The molecule has 1 heterocycles. The van der Waals surface area contributed by atoms with Crippen molar-refractivity contribution in [1.29, 1.82) is 0 Å². The lowest BCUT2D eigenvalue weighted by atomic mass is 10.2. The zero-order valence-electron chi connectivity index (χ0n) is 13.7. The lowest BCUT2D eigenvalue weighted by Gasteiger charge is -1.98. The minimum atomic E-state index is -0.298. The molecule has 2 N–H and O–H groups in total. The Labute approximate surface area is 158 Å². The van der Waals surface area contributed by atoms with Crippen LogP contribution >= 0.6 is 27.3 Å². The average Bonchev–Trinajstić information content (AvgIpc) is 3.01. The topological polar surface area (TPSA) is 96.3 Å². The van der Waals surface area contributed by atoms with Gasteiger partial charge in [0.1, 0.15) is 5.01 Å². The van der Waals surface area contributed by atoms with E-state index in [9.17, 15) is 9.59 Å². The molecule has 25 heavy (non-hydrogen) atoms. The second-order valence-electron chi connectivity index (χ2n) is 5.17. The molecule has 132 valence electrons. The second kappa shape index (κ2) is 10.00. The zero-order valence-corrected chi connectivity index (χ0v) is 16.1. The third-order valence-electron chi connectivity index (χ3n) is 3.06. The van der Waals surface area contributed by atoms with Gasteiger partial charge in [0.25, 0.3) is 0 Å². The second-order valence-corrected chi connectivity index (χ2v) is 7.15. The number of carbonyl (C=O) groups is 2. The van der Waals surface area contributed by atoms with Crippen LogP contribution in [0, 0.1) is 0 Å². The van der Waals surface area contributed by atoms with Gasteiger partial charge in [-0.05, 0) is 24.1 Å². The van der Waals surface area contributed by atoms with E-state index >= 15 is 0 Å². The fraction of sp³-hybridized carbons (Fsp3) is 0.312. The third kappa shape index (κ3) is 7.10. The fourth-order valence-corrected chi connectivity index (χ4v) is 2.82. The zero-order chi connectivity index (χ0) is 18.1. The highest BCUT2D eigenvalue weighted by Crippen LogP contribution is 2.16. The van der Waals surface area contributed by atoms with Crippen molar-refractivity contribution in [2.45, 2.75) is 32.6 Å². The number of hydrogen-bond acceptors (Lipinski definition) is 6. The summed E-state index contributed by atoms with van der Waals surface area (Å²) in [6.07, 6.45) is 3.85. The molecule has 0 aliphatic carbocycles. The van der Waals surface area contributed by atoms with E-state index in [1.54, 1.807) is 6.21 Å². The predicted octanol–water partition coefficient (Wildman–Crippen LogP) is 3.12. The van der Waals surface area contributed by atoms with Crippen LogP contribution in [0.2, 0.25) is 0 Å². The molecule has 0 aliphatic rings. The van der Waals surface area contributed by atoms with Gasteiger partial charge in [-0.25, -0.2) is 5.43 Å². The molecule has 7 nitrogen and oxygen atoms in total. The summed E-state index contributed by atoms with van der Waals surface area (Å²) in [7, 11) is 0. The van der Waals surface area contributed by atoms with E-state index in [1.807, 2.05) is 31.2 Å². The summed E-state index contributed by atoms with van der Waals surface area (Å²) in [5.41, 5.74) is 3.31. The van der Waals surface area contributed by atoms with Crippen LogP contribution in [-0.2, 0) is 16.0 Å². The lowest BCUT2D eigenvalue weighted by molar-refractivity contribution is -0.120. The van der Waals surface area contributed by atoms with Crippen molar-refractivity contribution >= 4 is 50.4 Å². The molecule has 0 fully saturated rings. The number of hydrazone groups is 1. The van der Waals surface area contributed by atoms with E-state index in [-0.39, 0.29) is 18.2 Å². The Morgan fingerprint density at radius 1 is 1.24 bits per heavy atom. The summed E-state index contributed by atoms with van der Waals surface area (Å²) >= 11 is 4.53. The number of anilines is 1. The molecule has 0 radical (unpaired) electrons. The number of hydrogen-bond donors (Lipinski definition) is 2. The molecule has 2 rings (SSSR count). The Morgan fingerprint density at radius 3 is 2.72 bits per heavy atom. The number of nitrogens with zero attached hydrogens (tertiary/aromatic N) is 3. The van der Waals surface area contributed by atoms with Crippen molar-refractivity contribution in [2.75, 3.05) is 5.32 Å². The van der Waals surface area contributed by atoms with Gasteiger partial charge in [-0.1, -0.05) is 52.7 Å². The van der Waals surface area contributed by atoms with E-state index in [2.05, 4.69) is 42.0 Å². The maximum atomic E-state index is 11.8. The molecule has 0 aliphatic heterocycles. The van der Waals surface area contributed by atoms with Crippen molar-refractivity contribution in [3.63, 3.8) is 0 Å². The average molecular weight is 424 g/mol. The summed E-state index contributed by atoms with van der Waals surface area (Å²) in [5, 5.41) is 15.3. The van der Waals surface area contributed by atoms with Crippen molar-refractivity contribution in [2.24, 2.45) is 5.10 Å². The Morgan fingerprint density at radius 2 is 2.00 bits per heavy atom. The third-order valence-corrected chi connectivity index (χ3v) is 4.42. The van der Waals surface area contributed by atoms with E-state index < -0.39 is 0 Å². The number of amides is 2. The van der Waals surface area contributed by atoms with Crippen LogP contribution < -0.4 is 10.7 Å². The van der Waals surface area contributed by atoms with Crippen molar-refractivity contribution in [3.8, 4) is 0 Å². The highest BCUT2D eigenvalue weighted by atomic mass is 79.9. The van der Waals surface area contributed by atoms with Gasteiger partial charge >= 0.3 is 0 Å². The lowest BCUT2D eigenvalue weighted by Crippen LogP contribution is -2.19. The van der Waals surface area contributed by atoms with Gasteiger partial charge < -0.3 is 5.32 Å². The van der Waals surface area contributed by atoms with Crippen LogP contribution in [0.5, 0.6) is 0 Å². The first-order chi connectivity index (χ1) is 12.1. The molecule has 0 saturated carbocycles. The molecule has 0 spiro atoms. The van der Waals surface area contributed by atoms with Gasteiger partial charge in [0.05, 0.1) is 12.6 Å². The molecule has 9 heteroatoms. The van der Waals surface area contributed by atoms with Crippen molar-refractivity contribution in [1.82, 2.24) is 15.6 Å². The number of carbonyl (C=O) groups excluding carboxylic acids is 2. The van der Waals surface area contributed by atoms with Gasteiger partial charge in [0, 0.05) is 10.9 Å². The highest BCUT2D eigenvalue weighted by Gasteiger charge is 2.10. The summed E-state index contributed by atoms with van der Waals surface area (Å²) in [5.74, 6) is -0.388. The van der Waals surface area contributed by atoms with Crippen LogP contribution in [-0.4, -0.2) is 28.2 Å². The molecular formula is C16H18BrN5O2S. The molecule has 0 atom stereocenters. The maximum Gasteiger partial charge on any atom is 0.247 e. The number of halogens is 1. The number of aromatic nitrogens is 2. The van der Waals surface area contributed by atoms with Crippen LogP contribution in [0.4, 0.5) is 5.13 Å². The Kier molecular flexibility index (Phi) is 7.68. The summed E-state index contributed by atoms with van der Waals surface area (Å²) in [6, 6.07) is 7.53. The number of unbranched alkanes of at least 4 members (excludes halogenated alkanes) is 1. The van der Waals surface area contributed by atoms with Gasteiger partial charge in [-0.2, -0.15) is 5.10 Å². The van der Waals surface area contributed by atoms with Gasteiger partial charge in [0.2, 0.25) is 16.9 Å². The highest BCUT2D eigenvalue weighted by molar-refractivity contribution is 9.10. The molecule has 0 unspecified atom stereocenters. The minimum Gasteiger partial charge on any atom is -0.301 e. The predicted molar refractivity (Wildman–Crippen MR) is 102 cm³/mol. The SMILES string of the molecule is CCCCC(=O)Nc1nnc(CC(=O)N/N=C\c2ccc(Br)cc2)s1. The standard InChI is InChI=1S/C16H18BrN5O2S/c1-2-3-4-13(23)19-16-22-21-15(25-16)9-14(24)20-18-10-11-5-7-12(17)8-6-11/h5-8,10H,2-4,9H2,1H3,(H,20,24)(H,19,22,23)/b18-10-. The first kappa shape index (κ1) is 19.2. The van der Waals surface area contributed by atoms with Crippen molar-refractivity contribution < 1.29 is 9.59 Å². The van der Waals surface area contributed by atoms with Crippen molar-refractivity contribution in [3.05, 3.63) is 39.3 Å². The Bertz CT molecular complexity index is 745. The van der Waals surface area contributed by atoms with Gasteiger partial charge in [-0.3, -0.25) is 9.59 Å². The minimum absolute atomic E-state index is 0.0557. The number of rotatable bonds is 8. The number of benzene rings is 1. The molecule has 0 saturated heterocycles. The van der Waals surface area contributed by atoms with Crippen LogP contribution in [0.25, 0.3) is 0 Å². The quantitative estimate of drug-likeness (QED) is 0.503. The Hall–Kier alpha value is -2.13. The van der Waals surface area contributed by atoms with Crippen LogP contribution in [0.15, 0.2) is 33.8 Å². The molecule has 1 aromatic heterocycles. The van der Waals surface area contributed by atoms with E-state index in [1.165, 1.54) is 11.3 Å². The van der Waals surface area contributed by atoms with E-state index in [0.29, 0.717) is 16.6 Å². The Balaban J connectivity index is 1.78. The van der Waals surface area contributed by atoms with Crippen LogP contribution in [0.3, 0.4) is 0 Å². The molecule has 2 amide bonds. The normalized spacial score (nSPS) is 10.8. The summed E-state index contributed by atoms with van der Waals surface area (Å²) in [4.78, 5) is 23.5. The van der Waals surface area contributed by atoms with Gasteiger partial charge in [-0.15, -0.1) is 10.2 Å². The van der Waals surface area contributed by atoms with Crippen LogP contribution in [0.1, 0.15) is 36.8 Å². The molecule has 1 aromatic carbocycles. The largest absolute Gasteiger partial charge is 0.301 e. The molecular weight excluding hydrogens is 406 g/mol. The molecule has 0 bridgehead atoms.